The number of aryl methyl sites for hydroxylation is 3. The number of rotatable bonds is 3. The van der Waals surface area contributed by atoms with Crippen LogP contribution in [0.5, 0.6) is 0 Å². The quantitative estimate of drug-likeness (QED) is 0.898. The Morgan fingerprint density at radius 1 is 1.36 bits per heavy atom. The summed E-state index contributed by atoms with van der Waals surface area (Å²) in [7, 11) is -3.82. The lowest BCUT2D eigenvalue weighted by molar-refractivity contribution is 0.188. The summed E-state index contributed by atoms with van der Waals surface area (Å²) in [5.41, 5.74) is 0. The summed E-state index contributed by atoms with van der Waals surface area (Å²) in [4.78, 5) is 4.19. The third kappa shape index (κ3) is 2.44. The Morgan fingerprint density at radius 3 is 2.64 bits per heavy atom. The van der Waals surface area contributed by atoms with E-state index in [-0.39, 0.29) is 23.8 Å². The molecule has 22 heavy (non-hydrogen) atoms. The van der Waals surface area contributed by atoms with Gasteiger partial charge in [-0.2, -0.15) is 9.29 Å². The average molecular weight is 327 g/mol. The number of aliphatic hydroxyl groups excluding tert-OH is 1. The zero-order valence-electron chi connectivity index (χ0n) is 12.5. The van der Waals surface area contributed by atoms with Crippen molar-refractivity contribution in [2.45, 2.75) is 44.2 Å². The molecule has 0 saturated carbocycles. The number of hydrogen-bond acceptors (Lipinski definition) is 7. The van der Waals surface area contributed by atoms with Gasteiger partial charge in [-0.25, -0.2) is 8.42 Å². The van der Waals surface area contributed by atoms with Gasteiger partial charge in [0.1, 0.15) is 22.5 Å². The van der Waals surface area contributed by atoms with Crippen molar-refractivity contribution in [2.75, 3.05) is 6.54 Å². The Hall–Kier alpha value is -1.71. The van der Waals surface area contributed by atoms with Crippen LogP contribution in [0.3, 0.4) is 0 Å². The second-order valence-corrected chi connectivity index (χ2v) is 7.30. The molecule has 2 aromatic heterocycles. The highest BCUT2D eigenvalue weighted by atomic mass is 32.2. The van der Waals surface area contributed by atoms with E-state index in [0.29, 0.717) is 17.3 Å². The number of sulfonamides is 1. The number of nitrogens with zero attached hydrogens (tertiary/aromatic N) is 3. The predicted octanol–water partition coefficient (Wildman–Crippen LogP) is 1.08. The normalized spacial score (nSPS) is 23.3. The number of aliphatic hydroxyl groups is 1. The van der Waals surface area contributed by atoms with Crippen LogP contribution in [0, 0.1) is 20.8 Å². The van der Waals surface area contributed by atoms with Crippen molar-refractivity contribution in [1.82, 2.24) is 14.4 Å². The molecule has 1 saturated heterocycles. The summed E-state index contributed by atoms with van der Waals surface area (Å²) >= 11 is 0. The fraction of sp³-hybridized carbons (Fsp3) is 0.538. The third-order valence-corrected chi connectivity index (χ3v) is 5.63. The zero-order valence-corrected chi connectivity index (χ0v) is 13.3. The Morgan fingerprint density at radius 2 is 2.09 bits per heavy atom. The SMILES string of the molecule is Cc1noc([C@H]2C[C@H](O)CN2S(=O)(=O)c2cc(C)oc2C)n1. The largest absolute Gasteiger partial charge is 0.465 e. The minimum atomic E-state index is -3.82. The summed E-state index contributed by atoms with van der Waals surface area (Å²) < 4.78 is 37.3. The van der Waals surface area contributed by atoms with Crippen LogP contribution in [0.1, 0.15) is 35.7 Å². The fourth-order valence-electron chi connectivity index (χ4n) is 2.71. The van der Waals surface area contributed by atoms with Crippen LogP contribution in [0.4, 0.5) is 0 Å². The summed E-state index contributed by atoms with van der Waals surface area (Å²) in [6.45, 7) is 4.92. The van der Waals surface area contributed by atoms with Gasteiger partial charge in [-0.3, -0.25) is 0 Å². The van der Waals surface area contributed by atoms with E-state index in [1.165, 1.54) is 10.4 Å². The maximum Gasteiger partial charge on any atom is 0.247 e. The maximum absolute atomic E-state index is 12.9. The molecule has 0 aliphatic carbocycles. The molecule has 3 rings (SSSR count). The predicted molar refractivity (Wildman–Crippen MR) is 74.5 cm³/mol. The summed E-state index contributed by atoms with van der Waals surface area (Å²) in [5, 5.41) is 13.6. The van der Waals surface area contributed by atoms with Crippen molar-refractivity contribution in [2.24, 2.45) is 0 Å². The number of aromatic nitrogens is 2. The smallest absolute Gasteiger partial charge is 0.247 e. The van der Waals surface area contributed by atoms with Crippen LogP contribution in [-0.4, -0.2) is 40.6 Å². The Kier molecular flexibility index (Phi) is 3.58. The molecule has 0 bridgehead atoms. The number of β-amino-alcohol motifs (C(OH)–C–C–N with tert-alkyl or cyclic N) is 1. The molecule has 120 valence electrons. The highest BCUT2D eigenvalue weighted by molar-refractivity contribution is 7.89. The molecule has 3 heterocycles. The third-order valence-electron chi connectivity index (χ3n) is 3.64. The van der Waals surface area contributed by atoms with E-state index in [0.717, 1.165) is 0 Å². The maximum atomic E-state index is 12.9. The van der Waals surface area contributed by atoms with E-state index in [1.807, 2.05) is 0 Å². The summed E-state index contributed by atoms with van der Waals surface area (Å²) in [6, 6.07) is 0.807. The van der Waals surface area contributed by atoms with Crippen LogP contribution in [0.25, 0.3) is 0 Å². The molecule has 0 amide bonds. The van der Waals surface area contributed by atoms with Gasteiger partial charge in [0.25, 0.3) is 0 Å². The van der Waals surface area contributed by atoms with Crippen LogP contribution >= 0.6 is 0 Å². The molecule has 1 N–H and O–H groups in total. The van der Waals surface area contributed by atoms with Gasteiger partial charge in [0.15, 0.2) is 5.82 Å². The highest BCUT2D eigenvalue weighted by Gasteiger charge is 2.44. The van der Waals surface area contributed by atoms with Crippen LogP contribution in [0.15, 0.2) is 19.9 Å². The first-order valence-corrected chi connectivity index (χ1v) is 8.30. The molecule has 0 spiro atoms. The zero-order chi connectivity index (χ0) is 16.1. The van der Waals surface area contributed by atoms with E-state index in [4.69, 9.17) is 8.94 Å². The molecular weight excluding hydrogens is 310 g/mol. The lowest BCUT2D eigenvalue weighted by Gasteiger charge is -2.20. The van der Waals surface area contributed by atoms with Crippen LogP contribution in [-0.2, 0) is 10.0 Å². The minimum absolute atomic E-state index is 0.0158. The van der Waals surface area contributed by atoms with E-state index in [1.54, 1.807) is 20.8 Å². The molecule has 2 atom stereocenters. The van der Waals surface area contributed by atoms with Gasteiger partial charge < -0.3 is 14.0 Å². The van der Waals surface area contributed by atoms with Crippen molar-refractivity contribution in [3.05, 3.63) is 29.3 Å². The molecule has 0 radical (unpaired) electrons. The summed E-state index contributed by atoms with van der Waals surface area (Å²) in [6.07, 6.45) is -0.559. The minimum Gasteiger partial charge on any atom is -0.465 e. The lowest BCUT2D eigenvalue weighted by Crippen LogP contribution is -2.32. The van der Waals surface area contributed by atoms with Gasteiger partial charge in [-0.15, -0.1) is 0 Å². The second kappa shape index (κ2) is 5.18. The van der Waals surface area contributed by atoms with E-state index in [2.05, 4.69) is 10.1 Å². The van der Waals surface area contributed by atoms with Gasteiger partial charge in [-0.05, 0) is 26.8 Å². The van der Waals surface area contributed by atoms with Gasteiger partial charge in [0, 0.05) is 13.0 Å². The van der Waals surface area contributed by atoms with Crippen molar-refractivity contribution in [3.8, 4) is 0 Å². The monoisotopic (exact) mass is 327 g/mol. The Labute approximate surface area is 127 Å². The van der Waals surface area contributed by atoms with E-state index < -0.39 is 22.2 Å². The number of hydrogen-bond donors (Lipinski definition) is 1. The fourth-order valence-corrected chi connectivity index (χ4v) is 4.56. The molecule has 8 nitrogen and oxygen atoms in total. The standard InChI is InChI=1S/C13H17N3O5S/c1-7-4-12(8(2)20-7)22(18,19)16-6-10(17)5-11(16)13-14-9(3)15-21-13/h4,10-11,17H,5-6H2,1-3H3/t10-,11+/m0/s1. The Bertz CT molecular complexity index is 794. The first-order chi connectivity index (χ1) is 10.3. The van der Waals surface area contributed by atoms with Gasteiger partial charge in [-0.1, -0.05) is 5.16 Å². The lowest BCUT2D eigenvalue weighted by atomic mass is 10.2. The Balaban J connectivity index is 2.02. The van der Waals surface area contributed by atoms with Crippen LogP contribution in [0.2, 0.25) is 0 Å². The highest BCUT2D eigenvalue weighted by Crippen LogP contribution is 2.37. The first-order valence-electron chi connectivity index (χ1n) is 6.86. The number of furan rings is 1. The van der Waals surface area contributed by atoms with E-state index >= 15 is 0 Å². The molecule has 9 heteroatoms. The topological polar surface area (TPSA) is 110 Å². The van der Waals surface area contributed by atoms with Crippen LogP contribution < -0.4 is 0 Å². The molecule has 2 aromatic rings. The van der Waals surface area contributed by atoms with Crippen molar-refractivity contribution >= 4 is 10.0 Å². The summed E-state index contributed by atoms with van der Waals surface area (Å²) in [5.74, 6) is 1.44. The van der Waals surface area contributed by atoms with Crippen molar-refractivity contribution < 1.29 is 22.5 Å². The van der Waals surface area contributed by atoms with Gasteiger partial charge in [0.2, 0.25) is 15.9 Å². The molecule has 1 fully saturated rings. The molecule has 1 aliphatic heterocycles. The van der Waals surface area contributed by atoms with Gasteiger partial charge >= 0.3 is 0 Å². The molecular formula is C13H17N3O5S. The molecule has 0 aromatic carbocycles. The molecule has 0 unspecified atom stereocenters. The van der Waals surface area contributed by atoms with E-state index in [9.17, 15) is 13.5 Å². The van der Waals surface area contributed by atoms with Crippen molar-refractivity contribution in [1.29, 1.82) is 0 Å². The average Bonchev–Trinajstić information content (AvgIpc) is 3.09. The van der Waals surface area contributed by atoms with Gasteiger partial charge in [0.05, 0.1) is 6.10 Å². The first kappa shape index (κ1) is 15.2. The van der Waals surface area contributed by atoms with Crippen molar-refractivity contribution in [3.63, 3.8) is 0 Å². The molecule has 1 aliphatic rings. The second-order valence-electron chi connectivity index (χ2n) is 5.44.